The van der Waals surface area contributed by atoms with Gasteiger partial charge in [0.25, 0.3) is 0 Å². The lowest BCUT2D eigenvalue weighted by atomic mass is 10.0. The Kier molecular flexibility index (Phi) is 3.21. The van der Waals surface area contributed by atoms with Crippen LogP contribution in [0.25, 0.3) is 0 Å². The Morgan fingerprint density at radius 3 is 2.60 bits per heavy atom. The zero-order chi connectivity index (χ0) is 14.3. The lowest BCUT2D eigenvalue weighted by Gasteiger charge is -2.21. The highest BCUT2D eigenvalue weighted by molar-refractivity contribution is 5.61. The van der Waals surface area contributed by atoms with Crippen LogP contribution in [-0.4, -0.2) is 38.2 Å². The maximum Gasteiger partial charge on any atom is 0.313 e. The molecule has 0 bridgehead atoms. The minimum Gasteiger partial charge on any atom is -0.490 e. The summed E-state index contributed by atoms with van der Waals surface area (Å²) in [5.74, 6) is 0.582. The van der Waals surface area contributed by atoms with Crippen molar-refractivity contribution in [2.45, 2.75) is 0 Å². The maximum atomic E-state index is 14.1. The van der Waals surface area contributed by atoms with E-state index >= 15 is 0 Å². The molecule has 3 rings (SSSR count). The minimum absolute atomic E-state index is 0.0987. The standard InChI is InChI=1S/C13H16FN3O3/c1-20-13-3-11(10(14)2-12(13)17(18)19)16-6-8-4-15-5-9(8)7-16/h2-3,8-9,15H,4-7H2,1H3. The van der Waals surface area contributed by atoms with Crippen molar-refractivity contribution < 1.29 is 14.1 Å². The van der Waals surface area contributed by atoms with Crippen molar-refractivity contribution in [1.29, 1.82) is 0 Å². The van der Waals surface area contributed by atoms with Crippen LogP contribution < -0.4 is 15.0 Å². The highest BCUT2D eigenvalue weighted by Crippen LogP contribution is 2.37. The number of nitrogens with zero attached hydrogens (tertiary/aromatic N) is 2. The van der Waals surface area contributed by atoms with Crippen molar-refractivity contribution in [2.24, 2.45) is 11.8 Å². The Hall–Kier alpha value is -1.89. The summed E-state index contributed by atoms with van der Waals surface area (Å²) in [6.45, 7) is 3.45. The van der Waals surface area contributed by atoms with E-state index in [-0.39, 0.29) is 11.4 Å². The predicted octanol–water partition coefficient (Wildman–Crippen LogP) is 1.40. The molecule has 2 unspecified atom stereocenters. The number of hydrogen-bond acceptors (Lipinski definition) is 5. The molecule has 2 heterocycles. The van der Waals surface area contributed by atoms with Crippen LogP contribution in [-0.2, 0) is 0 Å². The number of ether oxygens (including phenoxy) is 1. The van der Waals surface area contributed by atoms with Crippen molar-refractivity contribution in [3.05, 3.63) is 28.1 Å². The first-order valence-electron chi connectivity index (χ1n) is 6.57. The number of methoxy groups -OCH3 is 1. The van der Waals surface area contributed by atoms with Gasteiger partial charge in [-0.1, -0.05) is 0 Å². The van der Waals surface area contributed by atoms with Gasteiger partial charge >= 0.3 is 5.69 Å². The number of nitro benzene ring substituents is 1. The summed E-state index contributed by atoms with van der Waals surface area (Å²) in [7, 11) is 1.35. The van der Waals surface area contributed by atoms with Gasteiger partial charge in [0.1, 0.15) is 0 Å². The van der Waals surface area contributed by atoms with Crippen LogP contribution in [0, 0.1) is 27.8 Å². The lowest BCUT2D eigenvalue weighted by molar-refractivity contribution is -0.385. The number of fused-ring (bicyclic) bond motifs is 1. The molecule has 2 aliphatic heterocycles. The fourth-order valence-electron chi connectivity index (χ4n) is 3.13. The summed E-state index contributed by atoms with van der Waals surface area (Å²) in [6, 6.07) is 2.38. The van der Waals surface area contributed by atoms with E-state index < -0.39 is 10.7 Å². The van der Waals surface area contributed by atoms with Crippen molar-refractivity contribution in [1.82, 2.24) is 5.32 Å². The number of rotatable bonds is 3. The largest absolute Gasteiger partial charge is 0.490 e. The monoisotopic (exact) mass is 281 g/mol. The average Bonchev–Trinajstić information content (AvgIpc) is 2.99. The van der Waals surface area contributed by atoms with Crippen molar-refractivity contribution in [3.63, 3.8) is 0 Å². The molecule has 0 aliphatic carbocycles. The van der Waals surface area contributed by atoms with E-state index in [0.717, 1.165) is 32.2 Å². The van der Waals surface area contributed by atoms with Gasteiger partial charge in [-0.2, -0.15) is 0 Å². The van der Waals surface area contributed by atoms with Crippen LogP contribution in [0.2, 0.25) is 0 Å². The Labute approximate surface area is 115 Å². The molecule has 108 valence electrons. The molecular weight excluding hydrogens is 265 g/mol. The zero-order valence-electron chi connectivity index (χ0n) is 11.1. The molecule has 2 aliphatic rings. The summed E-state index contributed by atoms with van der Waals surface area (Å²) in [6.07, 6.45) is 0. The molecule has 0 spiro atoms. The van der Waals surface area contributed by atoms with Gasteiger partial charge in [-0.3, -0.25) is 10.1 Å². The van der Waals surface area contributed by atoms with E-state index in [1.807, 2.05) is 4.90 Å². The number of benzene rings is 1. The predicted molar refractivity (Wildman–Crippen MR) is 71.7 cm³/mol. The Bertz CT molecular complexity index is 540. The molecule has 0 saturated carbocycles. The van der Waals surface area contributed by atoms with Gasteiger partial charge < -0.3 is 15.0 Å². The first-order valence-corrected chi connectivity index (χ1v) is 6.57. The summed E-state index contributed by atoms with van der Waals surface area (Å²) >= 11 is 0. The van der Waals surface area contributed by atoms with Crippen molar-refractivity contribution in [3.8, 4) is 5.75 Å². The number of anilines is 1. The van der Waals surface area contributed by atoms with E-state index in [1.165, 1.54) is 13.2 Å². The number of nitrogens with one attached hydrogen (secondary N) is 1. The average molecular weight is 281 g/mol. The molecule has 0 amide bonds. The van der Waals surface area contributed by atoms with Gasteiger partial charge in [-0.25, -0.2) is 4.39 Å². The van der Waals surface area contributed by atoms with E-state index in [1.54, 1.807) is 0 Å². The summed E-state index contributed by atoms with van der Waals surface area (Å²) in [4.78, 5) is 12.2. The van der Waals surface area contributed by atoms with Gasteiger partial charge in [0.05, 0.1) is 23.8 Å². The van der Waals surface area contributed by atoms with Gasteiger partial charge in [0.2, 0.25) is 0 Å². The SMILES string of the molecule is COc1cc(N2CC3CNCC3C2)c(F)cc1[N+](=O)[O-]. The van der Waals surface area contributed by atoms with E-state index in [4.69, 9.17) is 4.74 Å². The van der Waals surface area contributed by atoms with Gasteiger partial charge in [0.15, 0.2) is 11.6 Å². The van der Waals surface area contributed by atoms with Gasteiger partial charge in [-0.15, -0.1) is 0 Å². The molecule has 6 nitrogen and oxygen atoms in total. The van der Waals surface area contributed by atoms with E-state index in [2.05, 4.69) is 5.32 Å². The normalized spacial score (nSPS) is 24.8. The third-order valence-electron chi connectivity index (χ3n) is 4.18. The molecular formula is C13H16FN3O3. The number of hydrogen-bond donors (Lipinski definition) is 1. The third kappa shape index (κ3) is 2.07. The summed E-state index contributed by atoms with van der Waals surface area (Å²) in [5, 5.41) is 14.2. The molecule has 20 heavy (non-hydrogen) atoms. The number of nitro groups is 1. The van der Waals surface area contributed by atoms with Crippen LogP contribution in [0.1, 0.15) is 0 Å². The Balaban J connectivity index is 1.92. The van der Waals surface area contributed by atoms with Crippen molar-refractivity contribution in [2.75, 3.05) is 38.2 Å². The van der Waals surface area contributed by atoms with Crippen LogP contribution >= 0.6 is 0 Å². The first-order chi connectivity index (χ1) is 9.60. The molecule has 0 radical (unpaired) electrons. The zero-order valence-corrected chi connectivity index (χ0v) is 11.1. The van der Waals surface area contributed by atoms with E-state index in [9.17, 15) is 14.5 Å². The molecule has 1 N–H and O–H groups in total. The highest BCUT2D eigenvalue weighted by atomic mass is 19.1. The van der Waals surface area contributed by atoms with Crippen LogP contribution in [0.15, 0.2) is 12.1 Å². The molecule has 7 heteroatoms. The second kappa shape index (κ2) is 4.90. The molecule has 2 saturated heterocycles. The molecule has 1 aromatic rings. The summed E-state index contributed by atoms with van der Waals surface area (Å²) in [5.41, 5.74) is 0.0525. The van der Waals surface area contributed by atoms with Crippen LogP contribution in [0.4, 0.5) is 15.8 Å². The van der Waals surface area contributed by atoms with E-state index in [0.29, 0.717) is 17.5 Å². The Morgan fingerprint density at radius 2 is 2.05 bits per heavy atom. The summed E-state index contributed by atoms with van der Waals surface area (Å²) < 4.78 is 19.1. The highest BCUT2D eigenvalue weighted by Gasteiger charge is 2.37. The molecule has 1 aromatic carbocycles. The first kappa shape index (κ1) is 13.1. The second-order valence-corrected chi connectivity index (χ2v) is 5.32. The van der Waals surface area contributed by atoms with Gasteiger partial charge in [-0.05, 0) is 11.8 Å². The molecule has 2 atom stereocenters. The number of halogens is 1. The third-order valence-corrected chi connectivity index (χ3v) is 4.18. The second-order valence-electron chi connectivity index (χ2n) is 5.32. The quantitative estimate of drug-likeness (QED) is 0.670. The fourth-order valence-corrected chi connectivity index (χ4v) is 3.13. The van der Waals surface area contributed by atoms with Gasteiger partial charge in [0, 0.05) is 32.2 Å². The van der Waals surface area contributed by atoms with Crippen LogP contribution in [0.5, 0.6) is 5.75 Å². The van der Waals surface area contributed by atoms with Crippen molar-refractivity contribution >= 4 is 11.4 Å². The smallest absolute Gasteiger partial charge is 0.313 e. The molecule has 2 fully saturated rings. The lowest BCUT2D eigenvalue weighted by Crippen LogP contribution is -2.26. The Morgan fingerprint density at radius 1 is 1.40 bits per heavy atom. The maximum absolute atomic E-state index is 14.1. The topological polar surface area (TPSA) is 67.6 Å². The minimum atomic E-state index is -0.631. The fraction of sp³-hybridized carbons (Fsp3) is 0.538. The molecule has 0 aromatic heterocycles. The van der Waals surface area contributed by atoms with Crippen LogP contribution in [0.3, 0.4) is 0 Å².